The first-order valence-corrected chi connectivity index (χ1v) is 10.3. The maximum absolute atomic E-state index is 12.9. The van der Waals surface area contributed by atoms with Crippen LogP contribution in [0.4, 0.5) is 4.39 Å². The van der Waals surface area contributed by atoms with Gasteiger partial charge in [0.1, 0.15) is 11.9 Å². The average molecular weight is 413 g/mol. The number of thioether (sulfide) groups is 1. The minimum Gasteiger partial charge on any atom is -0.473 e. The van der Waals surface area contributed by atoms with Crippen LogP contribution in [0.1, 0.15) is 12.8 Å². The maximum atomic E-state index is 12.9. The lowest BCUT2D eigenvalue weighted by molar-refractivity contribution is -0.130. The first kappa shape index (κ1) is 19.4. The summed E-state index contributed by atoms with van der Waals surface area (Å²) in [5, 5.41) is 12.3. The molecule has 0 spiro atoms. The number of aromatic nitrogens is 4. The van der Waals surface area contributed by atoms with Crippen LogP contribution in [0.25, 0.3) is 5.82 Å². The van der Waals surface area contributed by atoms with E-state index in [1.807, 2.05) is 11.0 Å². The number of piperidine rings is 1. The van der Waals surface area contributed by atoms with Crippen LogP contribution in [0, 0.1) is 5.82 Å². The third kappa shape index (κ3) is 5.11. The number of carbonyl (C=O) groups is 1. The summed E-state index contributed by atoms with van der Waals surface area (Å²) in [5.41, 5.74) is 0. The van der Waals surface area contributed by atoms with E-state index < -0.39 is 0 Å². The Morgan fingerprint density at radius 2 is 1.93 bits per heavy atom. The van der Waals surface area contributed by atoms with E-state index in [0.29, 0.717) is 30.5 Å². The van der Waals surface area contributed by atoms with Crippen LogP contribution in [0.5, 0.6) is 5.88 Å². The van der Waals surface area contributed by atoms with Gasteiger partial charge >= 0.3 is 0 Å². The highest BCUT2D eigenvalue weighted by molar-refractivity contribution is 8.00. The lowest BCUT2D eigenvalue weighted by atomic mass is 10.1. The number of carbonyl (C=O) groups excluding carboxylic acids is 1. The van der Waals surface area contributed by atoms with Crippen molar-refractivity contribution in [3.63, 3.8) is 0 Å². The molecule has 1 aliphatic heterocycles. The molecule has 3 aromatic rings. The molecule has 0 saturated carbocycles. The van der Waals surface area contributed by atoms with Gasteiger partial charge in [-0.05, 0) is 36.4 Å². The van der Waals surface area contributed by atoms with Crippen molar-refractivity contribution in [2.75, 3.05) is 18.8 Å². The van der Waals surface area contributed by atoms with Crippen LogP contribution >= 0.6 is 11.8 Å². The van der Waals surface area contributed by atoms with E-state index in [1.165, 1.54) is 23.9 Å². The molecule has 0 unspecified atom stereocenters. The quantitative estimate of drug-likeness (QED) is 0.579. The fourth-order valence-corrected chi connectivity index (χ4v) is 3.86. The number of halogens is 1. The lowest BCUT2D eigenvalue weighted by Crippen LogP contribution is -2.42. The summed E-state index contributed by atoms with van der Waals surface area (Å²) < 4.78 is 20.5. The van der Waals surface area contributed by atoms with Gasteiger partial charge in [0.25, 0.3) is 0 Å². The summed E-state index contributed by atoms with van der Waals surface area (Å²) >= 11 is 1.42. The average Bonchev–Trinajstić information content (AvgIpc) is 3.29. The Balaban J connectivity index is 1.22. The molecule has 0 atom stereocenters. The van der Waals surface area contributed by atoms with Gasteiger partial charge in [0, 0.05) is 49.3 Å². The zero-order valence-corrected chi connectivity index (χ0v) is 16.5. The zero-order chi connectivity index (χ0) is 20.1. The molecule has 9 heteroatoms. The smallest absolute Gasteiger partial charge is 0.233 e. The zero-order valence-electron chi connectivity index (χ0n) is 15.6. The number of rotatable bonds is 6. The number of amides is 1. The van der Waals surface area contributed by atoms with Crippen molar-refractivity contribution in [2.24, 2.45) is 0 Å². The van der Waals surface area contributed by atoms with Crippen molar-refractivity contribution in [2.45, 2.75) is 23.8 Å². The van der Waals surface area contributed by atoms with E-state index in [4.69, 9.17) is 4.74 Å². The summed E-state index contributed by atoms with van der Waals surface area (Å²) in [6.45, 7) is 1.29. The summed E-state index contributed by atoms with van der Waals surface area (Å²) in [7, 11) is 0. The second kappa shape index (κ2) is 9.04. The molecule has 1 aliphatic rings. The molecule has 0 aliphatic carbocycles. The predicted octanol–water partition coefficient (Wildman–Crippen LogP) is 2.96. The molecule has 1 saturated heterocycles. The molecule has 7 nitrogen and oxygen atoms in total. The number of hydrogen-bond acceptors (Lipinski definition) is 6. The van der Waals surface area contributed by atoms with Crippen LogP contribution in [-0.2, 0) is 4.79 Å². The number of benzene rings is 1. The standard InChI is InChI=1S/C20H20FN5O2S/c21-15-2-4-17(5-3-15)29-14-20(27)25-12-8-16(9-13-25)28-19-7-6-18(23-24-19)26-11-1-10-22-26/h1-7,10-11,16H,8-9,12-14H2. The van der Waals surface area contributed by atoms with Crippen LogP contribution in [0.2, 0.25) is 0 Å². The Morgan fingerprint density at radius 1 is 1.14 bits per heavy atom. The normalized spacial score (nSPS) is 14.7. The molecule has 0 bridgehead atoms. The molecule has 2 aromatic heterocycles. The van der Waals surface area contributed by atoms with Gasteiger partial charge < -0.3 is 9.64 Å². The van der Waals surface area contributed by atoms with Crippen LogP contribution in [-0.4, -0.2) is 55.7 Å². The summed E-state index contributed by atoms with van der Waals surface area (Å²) in [5.74, 6) is 1.25. The second-order valence-electron chi connectivity index (χ2n) is 6.62. The highest BCUT2D eigenvalue weighted by Crippen LogP contribution is 2.21. The van der Waals surface area contributed by atoms with E-state index in [2.05, 4.69) is 15.3 Å². The van der Waals surface area contributed by atoms with Crippen molar-refractivity contribution in [3.05, 3.63) is 60.7 Å². The predicted molar refractivity (Wildman–Crippen MR) is 107 cm³/mol. The molecular weight excluding hydrogens is 393 g/mol. The Bertz CT molecular complexity index is 927. The number of nitrogens with zero attached hydrogens (tertiary/aromatic N) is 5. The van der Waals surface area contributed by atoms with Gasteiger partial charge in [-0.15, -0.1) is 22.0 Å². The molecule has 0 N–H and O–H groups in total. The van der Waals surface area contributed by atoms with Crippen molar-refractivity contribution in [1.82, 2.24) is 24.9 Å². The molecular formula is C20H20FN5O2S. The molecule has 29 heavy (non-hydrogen) atoms. The topological polar surface area (TPSA) is 73.1 Å². The van der Waals surface area contributed by atoms with Crippen LogP contribution in [0.15, 0.2) is 59.8 Å². The van der Waals surface area contributed by atoms with Crippen molar-refractivity contribution in [3.8, 4) is 11.7 Å². The Morgan fingerprint density at radius 3 is 2.59 bits per heavy atom. The van der Waals surface area contributed by atoms with Gasteiger partial charge in [0.05, 0.1) is 5.75 Å². The molecule has 150 valence electrons. The largest absolute Gasteiger partial charge is 0.473 e. The Kier molecular flexibility index (Phi) is 6.04. The highest BCUT2D eigenvalue weighted by atomic mass is 32.2. The first-order chi connectivity index (χ1) is 14.2. The molecule has 4 rings (SSSR count). The van der Waals surface area contributed by atoms with Gasteiger partial charge in [-0.1, -0.05) is 0 Å². The van der Waals surface area contributed by atoms with Gasteiger partial charge in [0.15, 0.2) is 5.82 Å². The van der Waals surface area contributed by atoms with E-state index in [1.54, 1.807) is 41.3 Å². The van der Waals surface area contributed by atoms with E-state index in [9.17, 15) is 9.18 Å². The molecule has 0 radical (unpaired) electrons. The summed E-state index contributed by atoms with van der Waals surface area (Å²) in [6, 6.07) is 11.6. The summed E-state index contributed by atoms with van der Waals surface area (Å²) in [6.07, 6.45) is 4.98. The fourth-order valence-electron chi connectivity index (χ4n) is 3.06. The lowest BCUT2D eigenvalue weighted by Gasteiger charge is -2.31. The van der Waals surface area contributed by atoms with Crippen LogP contribution < -0.4 is 4.74 Å². The maximum Gasteiger partial charge on any atom is 0.233 e. The Hall–Kier alpha value is -2.94. The van der Waals surface area contributed by atoms with Crippen molar-refractivity contribution < 1.29 is 13.9 Å². The molecule has 1 aromatic carbocycles. The second-order valence-corrected chi connectivity index (χ2v) is 7.67. The van der Waals surface area contributed by atoms with E-state index >= 15 is 0 Å². The van der Waals surface area contributed by atoms with Gasteiger partial charge in [-0.2, -0.15) is 5.10 Å². The van der Waals surface area contributed by atoms with E-state index in [0.717, 1.165) is 17.7 Å². The number of ether oxygens (including phenoxy) is 1. The summed E-state index contributed by atoms with van der Waals surface area (Å²) in [4.78, 5) is 15.1. The third-order valence-corrected chi connectivity index (χ3v) is 5.62. The van der Waals surface area contributed by atoms with Gasteiger partial charge in [-0.3, -0.25) is 4.79 Å². The Labute approximate surface area is 171 Å². The monoisotopic (exact) mass is 413 g/mol. The van der Waals surface area contributed by atoms with Gasteiger partial charge in [0.2, 0.25) is 11.8 Å². The first-order valence-electron chi connectivity index (χ1n) is 9.34. The van der Waals surface area contributed by atoms with Gasteiger partial charge in [-0.25, -0.2) is 9.07 Å². The molecule has 1 fully saturated rings. The molecule has 1 amide bonds. The SMILES string of the molecule is O=C(CSc1ccc(F)cc1)N1CCC(Oc2ccc(-n3cccn3)nn2)CC1. The van der Waals surface area contributed by atoms with Crippen molar-refractivity contribution >= 4 is 17.7 Å². The fraction of sp³-hybridized carbons (Fsp3) is 0.300. The van der Waals surface area contributed by atoms with Crippen molar-refractivity contribution in [1.29, 1.82) is 0 Å². The number of hydrogen-bond donors (Lipinski definition) is 0. The van der Waals surface area contributed by atoms with Crippen LogP contribution in [0.3, 0.4) is 0 Å². The minimum atomic E-state index is -0.275. The van der Waals surface area contributed by atoms with E-state index in [-0.39, 0.29) is 17.8 Å². The minimum absolute atomic E-state index is 0.00801. The number of likely N-dealkylation sites (tertiary alicyclic amines) is 1. The molecule has 3 heterocycles. The highest BCUT2D eigenvalue weighted by Gasteiger charge is 2.24. The third-order valence-electron chi connectivity index (χ3n) is 4.62.